The van der Waals surface area contributed by atoms with Crippen molar-refractivity contribution in [2.24, 2.45) is 0 Å². The van der Waals surface area contributed by atoms with Gasteiger partial charge in [0.1, 0.15) is 25.4 Å². The SMILES string of the molecule is COCC[NH+](CCOC)Cc1c(O)ccc2c1O/C(=C/c1c[nH]c3ccccc13)C2=O. The van der Waals surface area contributed by atoms with Crippen molar-refractivity contribution in [1.29, 1.82) is 0 Å². The van der Waals surface area contributed by atoms with Crippen molar-refractivity contribution in [3.8, 4) is 11.5 Å². The highest BCUT2D eigenvalue weighted by molar-refractivity contribution is 6.15. The van der Waals surface area contributed by atoms with Gasteiger partial charge in [0.05, 0.1) is 24.3 Å². The third-order valence-electron chi connectivity index (χ3n) is 5.57. The van der Waals surface area contributed by atoms with Crippen LogP contribution in [0.1, 0.15) is 21.5 Å². The van der Waals surface area contributed by atoms with Gasteiger partial charge in [-0.25, -0.2) is 0 Å². The molecular weight excluding hydrogens is 396 g/mol. The summed E-state index contributed by atoms with van der Waals surface area (Å²) in [7, 11) is 3.32. The van der Waals surface area contributed by atoms with Crippen LogP contribution >= 0.6 is 0 Å². The van der Waals surface area contributed by atoms with E-state index in [9.17, 15) is 9.90 Å². The summed E-state index contributed by atoms with van der Waals surface area (Å²) in [6.45, 7) is 3.15. The predicted octanol–water partition coefficient (Wildman–Crippen LogP) is 2.17. The van der Waals surface area contributed by atoms with Gasteiger partial charge in [0.15, 0.2) is 11.5 Å². The van der Waals surface area contributed by atoms with E-state index in [0.29, 0.717) is 36.6 Å². The van der Waals surface area contributed by atoms with Gasteiger partial charge in [0.2, 0.25) is 5.78 Å². The second-order valence-corrected chi connectivity index (χ2v) is 7.58. The van der Waals surface area contributed by atoms with Gasteiger partial charge in [-0.15, -0.1) is 0 Å². The topological polar surface area (TPSA) is 85.2 Å². The fourth-order valence-electron chi connectivity index (χ4n) is 3.87. The van der Waals surface area contributed by atoms with Crippen LogP contribution in [0.2, 0.25) is 0 Å². The monoisotopic (exact) mass is 423 g/mol. The van der Waals surface area contributed by atoms with Gasteiger partial charge < -0.3 is 29.2 Å². The van der Waals surface area contributed by atoms with Crippen molar-refractivity contribution in [2.45, 2.75) is 6.54 Å². The Balaban J connectivity index is 1.64. The lowest BCUT2D eigenvalue weighted by atomic mass is 10.0. The van der Waals surface area contributed by atoms with Crippen LogP contribution in [-0.2, 0) is 16.0 Å². The van der Waals surface area contributed by atoms with Crippen molar-refractivity contribution in [1.82, 2.24) is 4.98 Å². The van der Waals surface area contributed by atoms with E-state index >= 15 is 0 Å². The number of carbonyl (C=O) groups excluding carboxylic acids is 1. The zero-order valence-electron chi connectivity index (χ0n) is 17.7. The molecule has 0 bridgehead atoms. The number of hydrogen-bond acceptors (Lipinski definition) is 5. The van der Waals surface area contributed by atoms with E-state index < -0.39 is 0 Å². The van der Waals surface area contributed by atoms with E-state index in [-0.39, 0.29) is 17.3 Å². The average molecular weight is 423 g/mol. The fraction of sp³-hybridized carbons (Fsp3) is 0.292. The summed E-state index contributed by atoms with van der Waals surface area (Å²) in [6, 6.07) is 11.1. The largest absolute Gasteiger partial charge is 0.507 e. The number of phenolic OH excluding ortho intramolecular Hbond substituents is 1. The lowest BCUT2D eigenvalue weighted by Gasteiger charge is -2.20. The molecule has 3 aromatic rings. The summed E-state index contributed by atoms with van der Waals surface area (Å²) in [5, 5.41) is 11.6. The number of quaternary nitrogens is 1. The molecule has 2 aromatic carbocycles. The van der Waals surface area contributed by atoms with Gasteiger partial charge in [-0.2, -0.15) is 0 Å². The summed E-state index contributed by atoms with van der Waals surface area (Å²) < 4.78 is 16.5. The molecule has 0 unspecified atom stereocenters. The van der Waals surface area contributed by atoms with Gasteiger partial charge in [0, 0.05) is 36.9 Å². The number of aromatic hydroxyl groups is 1. The molecular formula is C24H27N2O5+. The lowest BCUT2D eigenvalue weighted by molar-refractivity contribution is -0.914. The molecule has 1 aliphatic rings. The van der Waals surface area contributed by atoms with Gasteiger partial charge in [-0.3, -0.25) is 4.79 Å². The zero-order valence-corrected chi connectivity index (χ0v) is 17.7. The van der Waals surface area contributed by atoms with E-state index in [2.05, 4.69) is 4.98 Å². The Hall–Kier alpha value is -3.13. The van der Waals surface area contributed by atoms with Crippen molar-refractivity contribution in [3.63, 3.8) is 0 Å². The third-order valence-corrected chi connectivity index (χ3v) is 5.57. The number of hydrogen-bond donors (Lipinski definition) is 3. The molecule has 0 fully saturated rings. The van der Waals surface area contributed by atoms with E-state index in [1.54, 1.807) is 32.4 Å². The Morgan fingerprint density at radius 3 is 2.58 bits per heavy atom. The summed E-state index contributed by atoms with van der Waals surface area (Å²) >= 11 is 0. The van der Waals surface area contributed by atoms with Crippen LogP contribution in [0, 0.1) is 0 Å². The number of aromatic nitrogens is 1. The number of ketones is 1. The molecule has 0 amide bonds. The van der Waals surface area contributed by atoms with Crippen molar-refractivity contribution < 1.29 is 29.0 Å². The maximum Gasteiger partial charge on any atom is 0.231 e. The number of rotatable bonds is 9. The van der Waals surface area contributed by atoms with Crippen LogP contribution in [0.5, 0.6) is 11.5 Å². The minimum absolute atomic E-state index is 0.118. The quantitative estimate of drug-likeness (QED) is 0.460. The average Bonchev–Trinajstić information content (AvgIpc) is 3.33. The minimum Gasteiger partial charge on any atom is -0.507 e. The molecule has 7 heteroatoms. The minimum atomic E-state index is -0.183. The van der Waals surface area contributed by atoms with Gasteiger partial charge in [-0.1, -0.05) is 18.2 Å². The summed E-state index contributed by atoms with van der Waals surface area (Å²) in [4.78, 5) is 17.4. The molecule has 0 spiro atoms. The van der Waals surface area contributed by atoms with Crippen LogP contribution in [0.4, 0.5) is 0 Å². The van der Waals surface area contributed by atoms with E-state index in [1.807, 2.05) is 30.5 Å². The molecule has 162 valence electrons. The van der Waals surface area contributed by atoms with Crippen LogP contribution in [0.15, 0.2) is 48.4 Å². The second-order valence-electron chi connectivity index (χ2n) is 7.58. The maximum absolute atomic E-state index is 13.0. The Bertz CT molecular complexity index is 1110. The standard InChI is InChI=1S/C24H26N2O5/c1-29-11-9-26(10-12-30-2)15-19-21(27)8-7-18-23(28)22(31-24(18)19)13-16-14-25-20-6-4-3-5-17(16)20/h3-8,13-14,25,27H,9-12,15H2,1-2H3/p+1/b22-13+. The first kappa shape index (κ1) is 21.1. The normalized spacial score (nSPS) is 14.5. The highest BCUT2D eigenvalue weighted by Crippen LogP contribution is 2.39. The summed E-state index contributed by atoms with van der Waals surface area (Å²) in [5.41, 5.74) is 2.96. The van der Waals surface area contributed by atoms with Crippen LogP contribution in [0.25, 0.3) is 17.0 Å². The number of methoxy groups -OCH3 is 2. The fourth-order valence-corrected chi connectivity index (χ4v) is 3.87. The number of carbonyl (C=O) groups is 1. The Morgan fingerprint density at radius 2 is 1.84 bits per heavy atom. The zero-order chi connectivity index (χ0) is 21.8. The lowest BCUT2D eigenvalue weighted by Crippen LogP contribution is -3.11. The first-order valence-electron chi connectivity index (χ1n) is 10.3. The molecule has 31 heavy (non-hydrogen) atoms. The number of aromatic amines is 1. The second kappa shape index (κ2) is 9.34. The number of para-hydroxylation sites is 1. The summed E-state index contributed by atoms with van der Waals surface area (Å²) in [6.07, 6.45) is 3.61. The number of nitrogens with one attached hydrogen (secondary N) is 2. The highest BCUT2D eigenvalue weighted by atomic mass is 16.5. The van der Waals surface area contributed by atoms with E-state index in [1.165, 1.54) is 0 Å². The number of phenols is 1. The smallest absolute Gasteiger partial charge is 0.231 e. The number of fused-ring (bicyclic) bond motifs is 2. The molecule has 1 aliphatic heterocycles. The maximum atomic E-state index is 13.0. The molecule has 0 aliphatic carbocycles. The molecule has 4 rings (SSSR count). The first-order valence-corrected chi connectivity index (χ1v) is 10.3. The number of benzene rings is 2. The van der Waals surface area contributed by atoms with Crippen LogP contribution in [0.3, 0.4) is 0 Å². The van der Waals surface area contributed by atoms with Crippen LogP contribution < -0.4 is 9.64 Å². The highest BCUT2D eigenvalue weighted by Gasteiger charge is 2.32. The molecule has 0 saturated heterocycles. The molecule has 3 N–H and O–H groups in total. The predicted molar refractivity (Wildman–Crippen MR) is 117 cm³/mol. The number of ether oxygens (including phenoxy) is 3. The molecule has 0 radical (unpaired) electrons. The van der Waals surface area contributed by atoms with E-state index in [0.717, 1.165) is 34.5 Å². The molecule has 1 aromatic heterocycles. The third kappa shape index (κ3) is 4.34. The van der Waals surface area contributed by atoms with Gasteiger partial charge >= 0.3 is 0 Å². The molecule has 0 saturated carbocycles. The van der Waals surface area contributed by atoms with Gasteiger partial charge in [-0.05, 0) is 24.3 Å². The van der Waals surface area contributed by atoms with Crippen LogP contribution in [-0.4, -0.2) is 56.4 Å². The summed E-state index contributed by atoms with van der Waals surface area (Å²) in [5.74, 6) is 0.620. The molecule has 0 atom stereocenters. The Morgan fingerprint density at radius 1 is 1.10 bits per heavy atom. The number of allylic oxidation sites excluding steroid dienone is 1. The van der Waals surface area contributed by atoms with Crippen molar-refractivity contribution in [2.75, 3.05) is 40.5 Å². The first-order chi connectivity index (χ1) is 15.1. The Labute approximate surface area is 180 Å². The van der Waals surface area contributed by atoms with Crippen molar-refractivity contribution >= 4 is 22.8 Å². The molecule has 7 nitrogen and oxygen atoms in total. The number of Topliss-reactive ketones (excluding diaryl/α,β-unsaturated/α-hetero) is 1. The Kier molecular flexibility index (Phi) is 6.36. The molecule has 2 heterocycles. The van der Waals surface area contributed by atoms with E-state index in [4.69, 9.17) is 14.2 Å². The van der Waals surface area contributed by atoms with Gasteiger partial charge in [0.25, 0.3) is 0 Å². The van der Waals surface area contributed by atoms with Crippen molar-refractivity contribution in [3.05, 3.63) is 65.0 Å². The number of H-pyrrole nitrogens is 1.